The van der Waals surface area contributed by atoms with Crippen molar-refractivity contribution >= 4 is 54.8 Å². The molecule has 0 aliphatic carbocycles. The van der Waals surface area contributed by atoms with Crippen molar-refractivity contribution in [2.45, 2.75) is 18.7 Å². The summed E-state index contributed by atoms with van der Waals surface area (Å²) in [5, 5.41) is 0.819. The van der Waals surface area contributed by atoms with Gasteiger partial charge in [-0.25, -0.2) is 0 Å². The summed E-state index contributed by atoms with van der Waals surface area (Å²) < 4.78 is 1.17. The van der Waals surface area contributed by atoms with Crippen molar-refractivity contribution in [3.05, 3.63) is 54.6 Å². The second-order valence-electron chi connectivity index (χ2n) is 3.87. The molecule has 1 heterocycles. The minimum absolute atomic E-state index is 0.205. The van der Waals surface area contributed by atoms with E-state index < -0.39 is 0 Å². The zero-order valence-electron chi connectivity index (χ0n) is 9.43. The lowest BCUT2D eigenvalue weighted by atomic mass is 10.1. The molecule has 0 aliphatic rings. The molecule has 1 aromatic carbocycles. The van der Waals surface area contributed by atoms with Gasteiger partial charge in [0, 0.05) is 19.2 Å². The van der Waals surface area contributed by atoms with Crippen molar-refractivity contribution in [1.29, 1.82) is 0 Å². The van der Waals surface area contributed by atoms with Gasteiger partial charge in [0.15, 0.2) is 0 Å². The van der Waals surface area contributed by atoms with E-state index in [1.807, 2.05) is 12.1 Å². The molecule has 2 aromatic rings. The third-order valence-corrected chi connectivity index (χ3v) is 6.61. The molecule has 90 valence electrons. The molecule has 0 saturated heterocycles. The molecule has 0 spiro atoms. The van der Waals surface area contributed by atoms with Gasteiger partial charge in [-0.05, 0) is 53.0 Å². The fraction of sp³-hybridized carbons (Fsp3) is 0.231. The summed E-state index contributed by atoms with van der Waals surface area (Å²) in [6.45, 7) is 4.17. The van der Waals surface area contributed by atoms with E-state index >= 15 is 0 Å². The van der Waals surface area contributed by atoms with Crippen LogP contribution in [0.1, 0.15) is 25.7 Å². The lowest BCUT2D eigenvalue weighted by molar-refractivity contribution is 1.18. The molecular weight excluding hydrogens is 383 g/mol. The highest BCUT2D eigenvalue weighted by Gasteiger charge is 2.17. The maximum Gasteiger partial charge on any atom is 0.0741 e. The second kappa shape index (κ2) is 5.43. The van der Waals surface area contributed by atoms with Gasteiger partial charge >= 0.3 is 0 Å². The Morgan fingerprint density at radius 1 is 1.29 bits per heavy atom. The van der Waals surface area contributed by atoms with Crippen molar-refractivity contribution in [1.82, 2.24) is 0 Å². The molecule has 0 radical (unpaired) electrons. The first-order chi connectivity index (χ1) is 8.00. The predicted octanol–water partition coefficient (Wildman–Crippen LogP) is 6.27. The van der Waals surface area contributed by atoms with Crippen LogP contribution in [0.15, 0.2) is 28.7 Å². The van der Waals surface area contributed by atoms with Crippen LogP contribution in [0.25, 0.3) is 0 Å². The molecule has 4 heteroatoms. The Kier molecular flexibility index (Phi) is 4.35. The molecule has 0 N–H and O–H groups in total. The largest absolute Gasteiger partial charge is 0.143 e. The minimum atomic E-state index is 0.205. The van der Waals surface area contributed by atoms with Crippen molar-refractivity contribution < 1.29 is 0 Å². The SMILES string of the molecule is Cc1sc(C(Br)c2cccc(Cl)c2C)cc1Br. The van der Waals surface area contributed by atoms with E-state index in [2.05, 4.69) is 57.8 Å². The molecule has 17 heavy (non-hydrogen) atoms. The number of benzene rings is 1. The number of rotatable bonds is 2. The van der Waals surface area contributed by atoms with Gasteiger partial charge in [-0.3, -0.25) is 0 Å². The van der Waals surface area contributed by atoms with Crippen molar-refractivity contribution in [2.24, 2.45) is 0 Å². The number of aryl methyl sites for hydroxylation is 1. The third-order valence-electron chi connectivity index (χ3n) is 2.71. The zero-order valence-corrected chi connectivity index (χ0v) is 14.2. The third kappa shape index (κ3) is 2.78. The van der Waals surface area contributed by atoms with Crippen molar-refractivity contribution in [3.63, 3.8) is 0 Å². The Hall–Kier alpha value is 0.170. The highest BCUT2D eigenvalue weighted by molar-refractivity contribution is 9.10. The van der Waals surface area contributed by atoms with Crippen molar-refractivity contribution in [3.8, 4) is 0 Å². The van der Waals surface area contributed by atoms with Gasteiger partial charge in [-0.2, -0.15) is 0 Å². The van der Waals surface area contributed by atoms with Gasteiger partial charge < -0.3 is 0 Å². The average Bonchev–Trinajstić information content (AvgIpc) is 2.62. The van der Waals surface area contributed by atoms with Crippen LogP contribution in [-0.4, -0.2) is 0 Å². The normalized spacial score (nSPS) is 12.8. The van der Waals surface area contributed by atoms with Crippen LogP contribution in [0, 0.1) is 13.8 Å². The first-order valence-electron chi connectivity index (χ1n) is 5.15. The maximum atomic E-state index is 6.16. The Balaban J connectivity index is 2.43. The number of halogens is 3. The first-order valence-corrected chi connectivity index (χ1v) is 8.06. The summed E-state index contributed by atoms with van der Waals surface area (Å²) in [5.41, 5.74) is 2.37. The van der Waals surface area contributed by atoms with Crippen LogP contribution < -0.4 is 0 Å². The van der Waals surface area contributed by atoms with Gasteiger partial charge in [-0.15, -0.1) is 11.3 Å². The Bertz CT molecular complexity index is 529. The summed E-state index contributed by atoms with van der Waals surface area (Å²) in [7, 11) is 0. The smallest absolute Gasteiger partial charge is 0.0741 e. The summed E-state index contributed by atoms with van der Waals surface area (Å²) in [6, 6.07) is 8.20. The van der Waals surface area contributed by atoms with E-state index in [1.165, 1.54) is 19.8 Å². The Morgan fingerprint density at radius 3 is 2.59 bits per heavy atom. The van der Waals surface area contributed by atoms with Gasteiger partial charge in [-0.1, -0.05) is 39.7 Å². The van der Waals surface area contributed by atoms with E-state index in [4.69, 9.17) is 11.6 Å². The van der Waals surface area contributed by atoms with Crippen LogP contribution in [0.5, 0.6) is 0 Å². The quantitative estimate of drug-likeness (QED) is 0.527. The van der Waals surface area contributed by atoms with Gasteiger partial charge in [0.25, 0.3) is 0 Å². The van der Waals surface area contributed by atoms with Crippen LogP contribution in [0.4, 0.5) is 0 Å². The van der Waals surface area contributed by atoms with E-state index in [9.17, 15) is 0 Å². The molecule has 0 saturated carbocycles. The molecule has 0 bridgehead atoms. The fourth-order valence-corrected chi connectivity index (χ4v) is 4.31. The number of alkyl halides is 1. The van der Waals surface area contributed by atoms with Gasteiger partial charge in [0.05, 0.1) is 4.83 Å². The molecule has 2 rings (SSSR count). The summed E-state index contributed by atoms with van der Waals surface area (Å²) in [5.74, 6) is 0. The summed E-state index contributed by atoms with van der Waals surface area (Å²) >= 11 is 15.3. The molecular formula is C13H11Br2ClS. The number of thiophene rings is 1. The summed E-state index contributed by atoms with van der Waals surface area (Å²) in [4.78, 5) is 2.79. The number of hydrogen-bond donors (Lipinski definition) is 0. The van der Waals surface area contributed by atoms with E-state index in [1.54, 1.807) is 11.3 Å². The predicted molar refractivity (Wildman–Crippen MR) is 83.7 cm³/mol. The van der Waals surface area contributed by atoms with Crippen LogP contribution >= 0.6 is 54.8 Å². The highest BCUT2D eigenvalue weighted by atomic mass is 79.9. The molecule has 0 nitrogen and oxygen atoms in total. The monoisotopic (exact) mass is 392 g/mol. The first kappa shape index (κ1) is 13.6. The molecule has 1 atom stereocenters. The van der Waals surface area contributed by atoms with Crippen LogP contribution in [-0.2, 0) is 0 Å². The molecule has 0 fully saturated rings. The lowest BCUT2D eigenvalue weighted by Gasteiger charge is -2.12. The molecule has 1 aromatic heterocycles. The summed E-state index contributed by atoms with van der Waals surface area (Å²) in [6.07, 6.45) is 0. The minimum Gasteiger partial charge on any atom is -0.143 e. The topological polar surface area (TPSA) is 0 Å². The van der Waals surface area contributed by atoms with Crippen LogP contribution in [0.2, 0.25) is 5.02 Å². The standard InChI is InChI=1S/C13H11Br2ClS/c1-7-9(4-3-5-11(7)16)13(15)12-6-10(14)8(2)17-12/h3-6,13H,1-2H3. The highest BCUT2D eigenvalue weighted by Crippen LogP contribution is 2.40. The fourth-order valence-electron chi connectivity index (χ4n) is 1.66. The van der Waals surface area contributed by atoms with Crippen molar-refractivity contribution in [2.75, 3.05) is 0 Å². The molecule has 0 aliphatic heterocycles. The average molecular weight is 395 g/mol. The van der Waals surface area contributed by atoms with Crippen LogP contribution in [0.3, 0.4) is 0 Å². The van der Waals surface area contributed by atoms with E-state index in [0.717, 1.165) is 10.6 Å². The lowest BCUT2D eigenvalue weighted by Crippen LogP contribution is -1.93. The molecule has 0 amide bonds. The van der Waals surface area contributed by atoms with Gasteiger partial charge in [0.1, 0.15) is 0 Å². The zero-order chi connectivity index (χ0) is 12.6. The van der Waals surface area contributed by atoms with Gasteiger partial charge in [0.2, 0.25) is 0 Å². The Labute approximate surface area is 127 Å². The maximum absolute atomic E-state index is 6.16. The second-order valence-corrected chi connectivity index (χ2v) is 7.33. The van der Waals surface area contributed by atoms with E-state index in [-0.39, 0.29) is 4.83 Å². The van der Waals surface area contributed by atoms with E-state index in [0.29, 0.717) is 0 Å². The Morgan fingerprint density at radius 2 is 2.00 bits per heavy atom. The number of hydrogen-bond acceptors (Lipinski definition) is 1. The molecule has 1 unspecified atom stereocenters.